The standard InChI is InChI=1S/C20H34N2O2S2/c1-3-17(2)26(23,24)22-20-11-9-18(10-12-20)15-21-13-14-25-16-19-7-5-4-6-8-19/h4-8,17-18,20-22H,3,9-16H2,1-2H3. The fourth-order valence-corrected chi connectivity index (χ4v) is 5.50. The first-order valence-electron chi connectivity index (χ1n) is 9.84. The van der Waals surface area contributed by atoms with E-state index in [0.29, 0.717) is 12.3 Å². The molecule has 1 aromatic carbocycles. The molecule has 6 heteroatoms. The summed E-state index contributed by atoms with van der Waals surface area (Å²) < 4.78 is 27.2. The van der Waals surface area contributed by atoms with Gasteiger partial charge >= 0.3 is 0 Å². The Balaban J connectivity index is 1.54. The molecule has 1 aliphatic rings. The number of nitrogens with one attached hydrogen (secondary N) is 2. The first kappa shape index (κ1) is 21.7. The maximum absolute atomic E-state index is 12.2. The predicted octanol–water partition coefficient (Wildman–Crippen LogP) is 3.79. The van der Waals surface area contributed by atoms with Gasteiger partial charge in [-0.05, 0) is 57.1 Å². The molecule has 1 fully saturated rings. The average molecular weight is 399 g/mol. The molecule has 4 nitrogen and oxygen atoms in total. The van der Waals surface area contributed by atoms with Crippen LogP contribution in [0.15, 0.2) is 30.3 Å². The molecule has 0 amide bonds. The number of rotatable bonds is 11. The zero-order valence-electron chi connectivity index (χ0n) is 16.1. The largest absolute Gasteiger partial charge is 0.316 e. The van der Waals surface area contributed by atoms with Crippen molar-refractivity contribution in [2.45, 2.75) is 63.0 Å². The molecule has 148 valence electrons. The molecule has 0 aromatic heterocycles. The number of sulfonamides is 1. The fourth-order valence-electron chi connectivity index (χ4n) is 3.27. The minimum Gasteiger partial charge on any atom is -0.316 e. The molecule has 0 heterocycles. The Morgan fingerprint density at radius 1 is 1.15 bits per heavy atom. The van der Waals surface area contributed by atoms with Gasteiger partial charge in [-0.2, -0.15) is 11.8 Å². The maximum Gasteiger partial charge on any atom is 0.214 e. The predicted molar refractivity (Wildman–Crippen MR) is 113 cm³/mol. The summed E-state index contributed by atoms with van der Waals surface area (Å²) in [6.07, 6.45) is 4.81. The van der Waals surface area contributed by atoms with Crippen LogP contribution in [-0.2, 0) is 15.8 Å². The lowest BCUT2D eigenvalue weighted by Crippen LogP contribution is -2.42. The zero-order chi connectivity index (χ0) is 18.8. The van der Waals surface area contributed by atoms with E-state index in [0.717, 1.165) is 50.3 Å². The monoisotopic (exact) mass is 398 g/mol. The molecular weight excluding hydrogens is 364 g/mol. The lowest BCUT2D eigenvalue weighted by atomic mass is 9.86. The van der Waals surface area contributed by atoms with E-state index >= 15 is 0 Å². The van der Waals surface area contributed by atoms with Crippen LogP contribution in [0.1, 0.15) is 51.5 Å². The highest BCUT2D eigenvalue weighted by Gasteiger charge is 2.27. The fraction of sp³-hybridized carbons (Fsp3) is 0.700. The van der Waals surface area contributed by atoms with Gasteiger partial charge in [-0.25, -0.2) is 13.1 Å². The second-order valence-corrected chi connectivity index (χ2v) is 10.6. The maximum atomic E-state index is 12.2. The molecule has 1 atom stereocenters. The summed E-state index contributed by atoms with van der Waals surface area (Å²) in [7, 11) is -3.15. The highest BCUT2D eigenvalue weighted by atomic mass is 32.2. The highest BCUT2D eigenvalue weighted by Crippen LogP contribution is 2.24. The van der Waals surface area contributed by atoms with Crippen molar-refractivity contribution in [1.29, 1.82) is 0 Å². The summed E-state index contributed by atoms with van der Waals surface area (Å²) in [5, 5.41) is 3.28. The molecule has 26 heavy (non-hydrogen) atoms. The highest BCUT2D eigenvalue weighted by molar-refractivity contribution is 7.98. The second-order valence-electron chi connectivity index (χ2n) is 7.34. The molecular formula is C20H34N2O2S2. The van der Waals surface area contributed by atoms with Crippen LogP contribution in [-0.4, -0.2) is 38.6 Å². The zero-order valence-corrected chi connectivity index (χ0v) is 17.7. The van der Waals surface area contributed by atoms with Crippen molar-refractivity contribution in [3.05, 3.63) is 35.9 Å². The minimum absolute atomic E-state index is 0.131. The van der Waals surface area contributed by atoms with Crippen LogP contribution in [0.5, 0.6) is 0 Å². The summed E-state index contributed by atoms with van der Waals surface area (Å²) in [6, 6.07) is 10.7. The minimum atomic E-state index is -3.15. The van der Waals surface area contributed by atoms with Crippen molar-refractivity contribution >= 4 is 21.8 Å². The second kappa shape index (κ2) is 11.3. The van der Waals surface area contributed by atoms with E-state index in [1.54, 1.807) is 6.92 Å². The molecule has 0 saturated heterocycles. The smallest absolute Gasteiger partial charge is 0.214 e. The van der Waals surface area contributed by atoms with Crippen molar-refractivity contribution < 1.29 is 8.42 Å². The number of hydrogen-bond acceptors (Lipinski definition) is 4. The molecule has 0 radical (unpaired) electrons. The van der Waals surface area contributed by atoms with Crippen molar-refractivity contribution in [3.63, 3.8) is 0 Å². The van der Waals surface area contributed by atoms with E-state index in [9.17, 15) is 8.42 Å². The van der Waals surface area contributed by atoms with Crippen LogP contribution in [0.3, 0.4) is 0 Å². The van der Waals surface area contributed by atoms with E-state index in [-0.39, 0.29) is 11.3 Å². The van der Waals surface area contributed by atoms with E-state index < -0.39 is 10.0 Å². The molecule has 0 bridgehead atoms. The van der Waals surface area contributed by atoms with Gasteiger partial charge in [0.05, 0.1) is 5.25 Å². The molecule has 1 unspecified atom stereocenters. The van der Waals surface area contributed by atoms with Crippen LogP contribution in [0.2, 0.25) is 0 Å². The Hall–Kier alpha value is -0.560. The van der Waals surface area contributed by atoms with Gasteiger partial charge in [-0.1, -0.05) is 37.3 Å². The molecule has 1 saturated carbocycles. The third-order valence-electron chi connectivity index (χ3n) is 5.25. The van der Waals surface area contributed by atoms with E-state index in [1.807, 2.05) is 18.7 Å². The normalized spacial score (nSPS) is 22.2. The number of benzene rings is 1. The van der Waals surface area contributed by atoms with Crippen molar-refractivity contribution in [2.24, 2.45) is 5.92 Å². The average Bonchev–Trinajstić information content (AvgIpc) is 2.65. The van der Waals surface area contributed by atoms with Gasteiger partial charge in [0, 0.05) is 24.1 Å². The van der Waals surface area contributed by atoms with E-state index in [2.05, 4.69) is 40.4 Å². The quantitative estimate of drug-likeness (QED) is 0.557. The summed E-state index contributed by atoms with van der Waals surface area (Å²) in [5.41, 5.74) is 1.38. The Labute approximate surface area is 164 Å². The number of hydrogen-bond donors (Lipinski definition) is 2. The Kier molecular flexibility index (Phi) is 9.46. The molecule has 1 aliphatic carbocycles. The van der Waals surface area contributed by atoms with Gasteiger partial charge in [0.1, 0.15) is 0 Å². The van der Waals surface area contributed by atoms with Crippen LogP contribution in [0.25, 0.3) is 0 Å². The third kappa shape index (κ3) is 7.59. The Morgan fingerprint density at radius 3 is 2.50 bits per heavy atom. The van der Waals surface area contributed by atoms with Crippen LogP contribution >= 0.6 is 11.8 Å². The summed E-state index contributed by atoms with van der Waals surface area (Å²) in [6.45, 7) is 5.80. The number of thioether (sulfide) groups is 1. The SMILES string of the molecule is CCC(C)S(=O)(=O)NC1CCC(CNCCSCc2ccccc2)CC1. The van der Waals surface area contributed by atoms with Crippen molar-refractivity contribution in [3.8, 4) is 0 Å². The summed E-state index contributed by atoms with van der Waals surface area (Å²) in [5.74, 6) is 2.88. The lowest BCUT2D eigenvalue weighted by molar-refractivity contribution is 0.304. The van der Waals surface area contributed by atoms with Gasteiger partial charge in [0.25, 0.3) is 0 Å². The third-order valence-corrected chi connectivity index (χ3v) is 8.33. The van der Waals surface area contributed by atoms with Gasteiger partial charge < -0.3 is 5.32 Å². The Morgan fingerprint density at radius 2 is 1.85 bits per heavy atom. The lowest BCUT2D eigenvalue weighted by Gasteiger charge is -2.30. The van der Waals surface area contributed by atoms with Crippen LogP contribution < -0.4 is 10.0 Å². The van der Waals surface area contributed by atoms with Crippen molar-refractivity contribution in [1.82, 2.24) is 10.0 Å². The van der Waals surface area contributed by atoms with Gasteiger partial charge in [-0.15, -0.1) is 0 Å². The first-order chi connectivity index (χ1) is 12.5. The molecule has 2 rings (SSSR count). The van der Waals surface area contributed by atoms with E-state index in [4.69, 9.17) is 0 Å². The topological polar surface area (TPSA) is 58.2 Å². The first-order valence-corrected chi connectivity index (χ1v) is 12.5. The van der Waals surface area contributed by atoms with Crippen LogP contribution in [0.4, 0.5) is 0 Å². The molecule has 2 N–H and O–H groups in total. The van der Waals surface area contributed by atoms with Gasteiger partial charge in [0.2, 0.25) is 10.0 Å². The molecule has 0 aliphatic heterocycles. The van der Waals surface area contributed by atoms with Gasteiger partial charge in [-0.3, -0.25) is 0 Å². The van der Waals surface area contributed by atoms with E-state index in [1.165, 1.54) is 5.56 Å². The summed E-state index contributed by atoms with van der Waals surface area (Å²) >= 11 is 1.97. The van der Waals surface area contributed by atoms with Crippen molar-refractivity contribution in [2.75, 3.05) is 18.8 Å². The molecule has 1 aromatic rings. The van der Waals surface area contributed by atoms with Crippen LogP contribution in [0, 0.1) is 5.92 Å². The van der Waals surface area contributed by atoms with Gasteiger partial charge in [0.15, 0.2) is 0 Å². The molecule has 0 spiro atoms. The summed E-state index contributed by atoms with van der Waals surface area (Å²) in [4.78, 5) is 0. The Bertz CT molecular complexity index is 599.